The van der Waals surface area contributed by atoms with Crippen LogP contribution in [-0.2, 0) is 0 Å². The molecule has 0 spiro atoms. The van der Waals surface area contributed by atoms with Crippen LogP contribution in [0.2, 0.25) is 0 Å². The summed E-state index contributed by atoms with van der Waals surface area (Å²) in [6.07, 6.45) is 3.24. The number of rotatable bonds is 3. The van der Waals surface area contributed by atoms with Gasteiger partial charge < -0.3 is 10.6 Å². The second-order valence-electron chi connectivity index (χ2n) is 6.33. The Morgan fingerprint density at radius 3 is 2.83 bits per heavy atom. The second-order valence-corrected chi connectivity index (χ2v) is 6.33. The molecule has 3 unspecified atom stereocenters. The first-order chi connectivity index (χ1) is 11.1. The smallest absolute Gasteiger partial charge is 0.277 e. The Hall–Kier alpha value is -2.47. The van der Waals surface area contributed by atoms with E-state index in [9.17, 15) is 14.9 Å². The van der Waals surface area contributed by atoms with E-state index in [-0.39, 0.29) is 17.6 Å². The summed E-state index contributed by atoms with van der Waals surface area (Å²) in [5.74, 6) is -0.163. The van der Waals surface area contributed by atoms with Crippen LogP contribution in [0.4, 0.5) is 5.69 Å². The third-order valence-electron chi connectivity index (χ3n) is 4.93. The van der Waals surface area contributed by atoms with Gasteiger partial charge in [-0.05, 0) is 36.8 Å². The highest BCUT2D eigenvalue weighted by molar-refractivity contribution is 6.01. The average Bonchev–Trinajstić information content (AvgIpc) is 3.16. The van der Waals surface area contributed by atoms with Crippen molar-refractivity contribution in [3.05, 3.63) is 52.1 Å². The molecule has 4 rings (SSSR count). The van der Waals surface area contributed by atoms with E-state index in [1.54, 1.807) is 24.3 Å². The Balaban J connectivity index is 1.62. The molecule has 6 heteroatoms. The van der Waals surface area contributed by atoms with Gasteiger partial charge in [-0.3, -0.25) is 14.9 Å². The lowest BCUT2D eigenvalue weighted by molar-refractivity contribution is -0.383. The van der Waals surface area contributed by atoms with Gasteiger partial charge in [0.25, 0.3) is 11.6 Å². The number of non-ortho nitro benzene ring substituents is 1. The highest BCUT2D eigenvalue weighted by Crippen LogP contribution is 2.29. The summed E-state index contributed by atoms with van der Waals surface area (Å²) in [5.41, 5.74) is 0.494. The summed E-state index contributed by atoms with van der Waals surface area (Å²) in [6, 6.07) is 11.1. The van der Waals surface area contributed by atoms with Crippen molar-refractivity contribution in [1.29, 1.82) is 0 Å². The number of benzene rings is 2. The molecule has 2 aliphatic rings. The second kappa shape index (κ2) is 5.31. The minimum atomic E-state index is -0.413. The van der Waals surface area contributed by atoms with Crippen molar-refractivity contribution in [2.45, 2.75) is 37.4 Å². The quantitative estimate of drug-likeness (QED) is 0.673. The Bertz CT molecular complexity index is 805. The number of nitrogens with one attached hydrogen (secondary N) is 2. The van der Waals surface area contributed by atoms with Gasteiger partial charge in [0.15, 0.2) is 0 Å². The first-order valence-corrected chi connectivity index (χ1v) is 7.86. The largest absolute Gasteiger partial charge is 0.348 e. The fourth-order valence-electron chi connectivity index (χ4n) is 3.79. The summed E-state index contributed by atoms with van der Waals surface area (Å²) in [6.45, 7) is 0. The number of amides is 1. The maximum Gasteiger partial charge on any atom is 0.277 e. The predicted octanol–water partition coefficient (Wildman–Crippen LogP) is 2.37. The molecule has 2 aliphatic heterocycles. The van der Waals surface area contributed by atoms with E-state index in [1.807, 2.05) is 6.07 Å². The standard InChI is InChI=1S/C17H17N3O3/c21-17(19-15-9-12-6-7-14(15)18-12)11-5-4-10-2-1-3-16(20(22)23)13(10)8-11/h1-5,8,12,14-15,18H,6-7,9H2,(H,19,21). The Kier molecular flexibility index (Phi) is 3.27. The van der Waals surface area contributed by atoms with Crippen LogP contribution in [0.3, 0.4) is 0 Å². The van der Waals surface area contributed by atoms with Crippen LogP contribution in [-0.4, -0.2) is 29.0 Å². The van der Waals surface area contributed by atoms with Gasteiger partial charge in [-0.1, -0.05) is 18.2 Å². The normalized spacial score (nSPS) is 25.7. The molecule has 0 aliphatic carbocycles. The Morgan fingerprint density at radius 2 is 2.13 bits per heavy atom. The zero-order valence-electron chi connectivity index (χ0n) is 12.5. The van der Waals surface area contributed by atoms with Gasteiger partial charge in [-0.25, -0.2) is 0 Å². The molecular formula is C17H17N3O3. The summed E-state index contributed by atoms with van der Waals surface area (Å²) >= 11 is 0. The molecule has 2 aromatic rings. The molecule has 118 valence electrons. The molecule has 0 radical (unpaired) electrons. The molecule has 2 aromatic carbocycles. The van der Waals surface area contributed by atoms with Gasteiger partial charge in [-0.2, -0.15) is 0 Å². The fraction of sp³-hybridized carbons (Fsp3) is 0.353. The molecule has 3 atom stereocenters. The van der Waals surface area contributed by atoms with Gasteiger partial charge in [-0.15, -0.1) is 0 Å². The van der Waals surface area contributed by atoms with E-state index in [0.29, 0.717) is 23.0 Å². The van der Waals surface area contributed by atoms with Crippen LogP contribution in [0.25, 0.3) is 10.8 Å². The SMILES string of the molecule is O=C(NC1CC2CCC1N2)c1ccc2cccc([N+](=O)[O-])c2c1. The van der Waals surface area contributed by atoms with E-state index in [2.05, 4.69) is 10.6 Å². The summed E-state index contributed by atoms with van der Waals surface area (Å²) in [4.78, 5) is 23.2. The molecule has 2 bridgehead atoms. The molecule has 0 saturated carbocycles. The van der Waals surface area contributed by atoms with Crippen molar-refractivity contribution in [3.8, 4) is 0 Å². The number of hydrogen-bond donors (Lipinski definition) is 2. The minimum absolute atomic E-state index is 0.0266. The van der Waals surface area contributed by atoms with Crippen molar-refractivity contribution < 1.29 is 9.72 Å². The van der Waals surface area contributed by atoms with Gasteiger partial charge in [0.05, 0.1) is 10.3 Å². The third-order valence-corrected chi connectivity index (χ3v) is 4.93. The van der Waals surface area contributed by atoms with E-state index in [0.717, 1.165) is 18.2 Å². The molecule has 2 saturated heterocycles. The van der Waals surface area contributed by atoms with Crippen molar-refractivity contribution in [2.75, 3.05) is 0 Å². The molecule has 6 nitrogen and oxygen atoms in total. The Labute approximate surface area is 133 Å². The molecule has 2 N–H and O–H groups in total. The molecule has 2 fully saturated rings. The van der Waals surface area contributed by atoms with Crippen LogP contribution in [0.15, 0.2) is 36.4 Å². The van der Waals surface area contributed by atoms with E-state index in [1.165, 1.54) is 12.5 Å². The number of nitrogens with zero attached hydrogens (tertiary/aromatic N) is 1. The minimum Gasteiger partial charge on any atom is -0.348 e. The molecule has 1 amide bonds. The van der Waals surface area contributed by atoms with E-state index in [4.69, 9.17) is 0 Å². The summed E-state index contributed by atoms with van der Waals surface area (Å²) in [7, 11) is 0. The zero-order valence-corrected chi connectivity index (χ0v) is 12.5. The van der Waals surface area contributed by atoms with Gasteiger partial charge >= 0.3 is 0 Å². The van der Waals surface area contributed by atoms with Crippen molar-refractivity contribution >= 4 is 22.4 Å². The fourth-order valence-corrected chi connectivity index (χ4v) is 3.79. The van der Waals surface area contributed by atoms with E-state index >= 15 is 0 Å². The number of nitro benzene ring substituents is 1. The monoisotopic (exact) mass is 311 g/mol. The average molecular weight is 311 g/mol. The van der Waals surface area contributed by atoms with Crippen molar-refractivity contribution in [3.63, 3.8) is 0 Å². The third kappa shape index (κ3) is 2.45. The lowest BCUT2D eigenvalue weighted by atomic mass is 9.95. The predicted molar refractivity (Wildman–Crippen MR) is 86.4 cm³/mol. The molecule has 23 heavy (non-hydrogen) atoms. The molecule has 2 heterocycles. The number of fused-ring (bicyclic) bond motifs is 3. The van der Waals surface area contributed by atoms with Gasteiger partial charge in [0, 0.05) is 29.8 Å². The van der Waals surface area contributed by atoms with Crippen LogP contribution >= 0.6 is 0 Å². The van der Waals surface area contributed by atoms with Crippen molar-refractivity contribution in [2.24, 2.45) is 0 Å². The first kappa shape index (κ1) is 14.1. The van der Waals surface area contributed by atoms with Crippen LogP contribution in [0, 0.1) is 10.1 Å². The highest BCUT2D eigenvalue weighted by Gasteiger charge is 2.39. The number of carbonyl (C=O) groups is 1. The van der Waals surface area contributed by atoms with Crippen LogP contribution < -0.4 is 10.6 Å². The topological polar surface area (TPSA) is 84.3 Å². The van der Waals surface area contributed by atoms with Gasteiger partial charge in [0.1, 0.15) is 0 Å². The van der Waals surface area contributed by atoms with Gasteiger partial charge in [0.2, 0.25) is 0 Å². The summed E-state index contributed by atoms with van der Waals surface area (Å²) < 4.78 is 0. The highest BCUT2D eigenvalue weighted by atomic mass is 16.6. The van der Waals surface area contributed by atoms with Crippen molar-refractivity contribution in [1.82, 2.24) is 10.6 Å². The van der Waals surface area contributed by atoms with Crippen LogP contribution in [0.5, 0.6) is 0 Å². The van der Waals surface area contributed by atoms with Crippen LogP contribution in [0.1, 0.15) is 29.6 Å². The zero-order chi connectivity index (χ0) is 16.0. The molecular weight excluding hydrogens is 294 g/mol. The summed E-state index contributed by atoms with van der Waals surface area (Å²) in [5, 5.41) is 19.0. The first-order valence-electron chi connectivity index (χ1n) is 7.86. The number of hydrogen-bond acceptors (Lipinski definition) is 4. The number of nitro groups is 1. The lowest BCUT2D eigenvalue weighted by Crippen LogP contribution is -2.42. The maximum absolute atomic E-state index is 12.5. The maximum atomic E-state index is 12.5. The molecule has 0 aromatic heterocycles. The van der Waals surface area contributed by atoms with E-state index < -0.39 is 4.92 Å². The lowest BCUT2D eigenvalue weighted by Gasteiger charge is -2.21. The Morgan fingerprint density at radius 1 is 1.26 bits per heavy atom. The number of carbonyl (C=O) groups excluding carboxylic acids is 1.